The van der Waals surface area contributed by atoms with E-state index in [2.05, 4.69) is 48.6 Å². The van der Waals surface area contributed by atoms with E-state index in [1.54, 1.807) is 0 Å². The van der Waals surface area contributed by atoms with Gasteiger partial charge in [-0.05, 0) is 49.6 Å². The van der Waals surface area contributed by atoms with Gasteiger partial charge in [0.05, 0.1) is 0 Å². The number of rotatable bonds is 4. The molecule has 0 amide bonds. The Labute approximate surface area is 110 Å². The van der Waals surface area contributed by atoms with Crippen molar-refractivity contribution >= 4 is 11.4 Å². The minimum atomic E-state index is 0.550. The van der Waals surface area contributed by atoms with Crippen LogP contribution in [0.1, 0.15) is 25.7 Å². The number of benzene rings is 1. The third-order valence-electron chi connectivity index (χ3n) is 3.95. The lowest BCUT2D eigenvalue weighted by molar-refractivity contribution is 0.332. The van der Waals surface area contributed by atoms with Crippen molar-refractivity contribution in [1.82, 2.24) is 0 Å². The second-order valence-electron chi connectivity index (χ2n) is 5.47. The smallest absolute Gasteiger partial charge is 0.0362 e. The molecule has 3 N–H and O–H groups in total. The molecule has 0 spiro atoms. The number of nitrogens with zero attached hydrogens (tertiary/aromatic N) is 1. The van der Waals surface area contributed by atoms with E-state index in [4.69, 9.17) is 5.73 Å². The normalized spacial score (nSPS) is 23.7. The van der Waals surface area contributed by atoms with E-state index in [1.807, 2.05) is 0 Å². The van der Waals surface area contributed by atoms with Crippen LogP contribution >= 0.6 is 0 Å². The molecule has 2 rings (SSSR count). The summed E-state index contributed by atoms with van der Waals surface area (Å²) in [7, 11) is 4.13. The van der Waals surface area contributed by atoms with Crippen LogP contribution in [0.25, 0.3) is 0 Å². The van der Waals surface area contributed by atoms with Crippen molar-refractivity contribution in [3.8, 4) is 0 Å². The van der Waals surface area contributed by atoms with Gasteiger partial charge in [-0.2, -0.15) is 0 Å². The Morgan fingerprint density at radius 2 is 1.83 bits per heavy atom. The lowest BCUT2D eigenvalue weighted by Gasteiger charge is -2.32. The van der Waals surface area contributed by atoms with Crippen LogP contribution in [-0.4, -0.2) is 26.7 Å². The maximum absolute atomic E-state index is 5.86. The molecule has 3 heteroatoms. The molecule has 0 bridgehead atoms. The first-order chi connectivity index (χ1) is 8.70. The van der Waals surface area contributed by atoms with Crippen molar-refractivity contribution in [2.75, 3.05) is 30.9 Å². The van der Waals surface area contributed by atoms with Crippen LogP contribution in [0.4, 0.5) is 11.4 Å². The predicted molar refractivity (Wildman–Crippen MR) is 79.2 cm³/mol. The van der Waals surface area contributed by atoms with Crippen LogP contribution in [0.3, 0.4) is 0 Å². The van der Waals surface area contributed by atoms with Gasteiger partial charge >= 0.3 is 0 Å². The predicted octanol–water partition coefficient (Wildman–Crippen LogP) is 2.68. The van der Waals surface area contributed by atoms with Gasteiger partial charge in [-0.1, -0.05) is 12.8 Å². The maximum Gasteiger partial charge on any atom is 0.0362 e. The molecule has 0 saturated heterocycles. The Balaban J connectivity index is 1.99. The molecular weight excluding hydrogens is 222 g/mol. The van der Waals surface area contributed by atoms with Gasteiger partial charge in [0.25, 0.3) is 0 Å². The Hall–Kier alpha value is -1.22. The first-order valence-corrected chi connectivity index (χ1v) is 6.94. The molecule has 0 heterocycles. The first kappa shape index (κ1) is 13.2. The van der Waals surface area contributed by atoms with Gasteiger partial charge in [0.1, 0.15) is 0 Å². The second-order valence-corrected chi connectivity index (χ2v) is 5.47. The molecule has 0 aliphatic heterocycles. The standard InChI is InChI=1S/C15H25N3/c1-18(2)14-9-7-13(8-10-14)17-15-6-4-3-5-12(15)11-16/h7-10,12,15,17H,3-6,11,16H2,1-2H3. The molecule has 18 heavy (non-hydrogen) atoms. The van der Waals surface area contributed by atoms with E-state index in [1.165, 1.54) is 37.1 Å². The van der Waals surface area contributed by atoms with Gasteiger partial charge < -0.3 is 16.0 Å². The number of nitrogens with two attached hydrogens (primary N) is 1. The summed E-state index contributed by atoms with van der Waals surface area (Å²) >= 11 is 0. The van der Waals surface area contributed by atoms with E-state index in [9.17, 15) is 0 Å². The molecule has 1 aromatic rings. The quantitative estimate of drug-likeness (QED) is 0.859. The van der Waals surface area contributed by atoms with Crippen LogP contribution in [0, 0.1) is 5.92 Å². The number of anilines is 2. The number of hydrogen-bond acceptors (Lipinski definition) is 3. The van der Waals surface area contributed by atoms with Gasteiger partial charge in [0.15, 0.2) is 0 Å². The lowest BCUT2D eigenvalue weighted by Crippen LogP contribution is -2.36. The highest BCUT2D eigenvalue weighted by Crippen LogP contribution is 2.27. The van der Waals surface area contributed by atoms with Crippen molar-refractivity contribution in [2.24, 2.45) is 11.7 Å². The zero-order chi connectivity index (χ0) is 13.0. The summed E-state index contributed by atoms with van der Waals surface area (Å²) in [6.45, 7) is 0.799. The highest BCUT2D eigenvalue weighted by molar-refractivity contribution is 5.54. The van der Waals surface area contributed by atoms with Gasteiger partial charge in [-0.15, -0.1) is 0 Å². The summed E-state index contributed by atoms with van der Waals surface area (Å²) in [5, 5.41) is 3.65. The molecule has 2 unspecified atom stereocenters. The molecule has 1 saturated carbocycles. The molecule has 100 valence electrons. The number of hydrogen-bond donors (Lipinski definition) is 2. The second kappa shape index (κ2) is 6.10. The summed E-state index contributed by atoms with van der Waals surface area (Å²) in [5.74, 6) is 0.632. The van der Waals surface area contributed by atoms with E-state index in [0.717, 1.165) is 6.54 Å². The molecule has 1 aliphatic carbocycles. The van der Waals surface area contributed by atoms with Crippen LogP contribution < -0.4 is 16.0 Å². The van der Waals surface area contributed by atoms with E-state index >= 15 is 0 Å². The van der Waals surface area contributed by atoms with Crippen molar-refractivity contribution in [3.05, 3.63) is 24.3 Å². The average molecular weight is 247 g/mol. The minimum absolute atomic E-state index is 0.550. The Kier molecular flexibility index (Phi) is 4.48. The highest BCUT2D eigenvalue weighted by atomic mass is 15.1. The van der Waals surface area contributed by atoms with E-state index in [-0.39, 0.29) is 0 Å². The topological polar surface area (TPSA) is 41.3 Å². The van der Waals surface area contributed by atoms with Gasteiger partial charge in [0, 0.05) is 31.5 Å². The Bertz CT molecular complexity index is 359. The molecule has 0 radical (unpaired) electrons. The molecule has 1 aromatic carbocycles. The molecule has 3 nitrogen and oxygen atoms in total. The first-order valence-electron chi connectivity index (χ1n) is 6.94. The fourth-order valence-electron chi connectivity index (χ4n) is 2.75. The molecule has 1 aliphatic rings. The van der Waals surface area contributed by atoms with E-state index in [0.29, 0.717) is 12.0 Å². The van der Waals surface area contributed by atoms with Gasteiger partial charge in [-0.3, -0.25) is 0 Å². The van der Waals surface area contributed by atoms with E-state index < -0.39 is 0 Å². The summed E-state index contributed by atoms with van der Waals surface area (Å²) in [6, 6.07) is 9.19. The molecule has 0 aromatic heterocycles. The van der Waals surface area contributed by atoms with Crippen molar-refractivity contribution in [3.63, 3.8) is 0 Å². The minimum Gasteiger partial charge on any atom is -0.382 e. The third kappa shape index (κ3) is 3.16. The highest BCUT2D eigenvalue weighted by Gasteiger charge is 2.23. The van der Waals surface area contributed by atoms with Crippen molar-refractivity contribution in [1.29, 1.82) is 0 Å². The average Bonchev–Trinajstić information content (AvgIpc) is 2.40. The van der Waals surface area contributed by atoms with Crippen molar-refractivity contribution < 1.29 is 0 Å². The maximum atomic E-state index is 5.86. The summed E-state index contributed by atoms with van der Waals surface area (Å²) in [6.07, 6.45) is 5.17. The lowest BCUT2D eigenvalue weighted by atomic mass is 9.84. The largest absolute Gasteiger partial charge is 0.382 e. The Morgan fingerprint density at radius 3 is 2.44 bits per heavy atom. The summed E-state index contributed by atoms with van der Waals surface area (Å²) in [5.41, 5.74) is 8.31. The molecule has 1 fully saturated rings. The summed E-state index contributed by atoms with van der Waals surface area (Å²) < 4.78 is 0. The van der Waals surface area contributed by atoms with Gasteiger partial charge in [0.2, 0.25) is 0 Å². The zero-order valence-electron chi connectivity index (χ0n) is 11.5. The Morgan fingerprint density at radius 1 is 1.17 bits per heavy atom. The molecular formula is C15H25N3. The summed E-state index contributed by atoms with van der Waals surface area (Å²) in [4.78, 5) is 2.12. The number of nitrogens with one attached hydrogen (secondary N) is 1. The van der Waals surface area contributed by atoms with Crippen LogP contribution in [-0.2, 0) is 0 Å². The zero-order valence-corrected chi connectivity index (χ0v) is 11.5. The monoisotopic (exact) mass is 247 g/mol. The van der Waals surface area contributed by atoms with Crippen molar-refractivity contribution in [2.45, 2.75) is 31.7 Å². The fraction of sp³-hybridized carbons (Fsp3) is 0.600. The van der Waals surface area contributed by atoms with Crippen LogP contribution in [0.5, 0.6) is 0 Å². The van der Waals surface area contributed by atoms with Crippen LogP contribution in [0.15, 0.2) is 24.3 Å². The fourth-order valence-corrected chi connectivity index (χ4v) is 2.75. The third-order valence-corrected chi connectivity index (χ3v) is 3.95. The molecule has 2 atom stereocenters. The van der Waals surface area contributed by atoms with Gasteiger partial charge in [-0.25, -0.2) is 0 Å². The van der Waals surface area contributed by atoms with Crippen LogP contribution in [0.2, 0.25) is 0 Å². The SMILES string of the molecule is CN(C)c1ccc(NC2CCCCC2CN)cc1.